The average Bonchev–Trinajstić information content (AvgIpc) is 2.38. The zero-order valence-corrected chi connectivity index (χ0v) is 11.9. The van der Waals surface area contributed by atoms with Gasteiger partial charge in [-0.05, 0) is 32.0 Å². The Labute approximate surface area is 113 Å². The van der Waals surface area contributed by atoms with Crippen LogP contribution in [-0.2, 0) is 11.3 Å². The quantitative estimate of drug-likeness (QED) is 0.784. The van der Waals surface area contributed by atoms with E-state index >= 15 is 0 Å². The molecule has 2 atom stereocenters. The molecule has 0 aromatic heterocycles. The largest absolute Gasteiger partial charge is 0.494 e. The number of benzene rings is 1. The lowest BCUT2D eigenvalue weighted by atomic mass is 10.1. The van der Waals surface area contributed by atoms with Gasteiger partial charge in [0, 0.05) is 12.1 Å². The van der Waals surface area contributed by atoms with Gasteiger partial charge in [-0.1, -0.05) is 0 Å². The van der Waals surface area contributed by atoms with Gasteiger partial charge in [0.2, 0.25) is 0 Å². The van der Waals surface area contributed by atoms with Crippen molar-refractivity contribution in [3.05, 3.63) is 29.6 Å². The first kappa shape index (κ1) is 15.4. The van der Waals surface area contributed by atoms with Crippen LogP contribution < -0.4 is 15.0 Å². The second-order valence-corrected chi connectivity index (χ2v) is 4.61. The fourth-order valence-corrected chi connectivity index (χ4v) is 1.85. The van der Waals surface area contributed by atoms with Crippen molar-refractivity contribution in [2.75, 3.05) is 20.7 Å². The van der Waals surface area contributed by atoms with Crippen LogP contribution in [0.1, 0.15) is 19.4 Å². The number of hydrogen-bond donors (Lipinski definition) is 2. The van der Waals surface area contributed by atoms with Crippen LogP contribution in [0.2, 0.25) is 0 Å². The molecule has 106 valence electrons. The number of amides is 1. The second kappa shape index (κ2) is 7.09. The molecule has 19 heavy (non-hydrogen) atoms. The SMILES string of the molecule is CCNC(=O)[C@H](C)[NH+](C)Cc1ccc(OC)c(F)c1. The Morgan fingerprint density at radius 1 is 1.53 bits per heavy atom. The molecule has 4 nitrogen and oxygen atoms in total. The Kier molecular flexibility index (Phi) is 5.76. The minimum atomic E-state index is -0.376. The van der Waals surface area contributed by atoms with Crippen LogP contribution in [0.5, 0.6) is 5.75 Å². The molecule has 0 radical (unpaired) electrons. The first-order valence-electron chi connectivity index (χ1n) is 6.42. The summed E-state index contributed by atoms with van der Waals surface area (Å²) in [5, 5.41) is 2.79. The molecule has 1 rings (SSSR count). The smallest absolute Gasteiger partial charge is 0.278 e. The third-order valence-corrected chi connectivity index (χ3v) is 3.18. The Balaban J connectivity index is 2.68. The van der Waals surface area contributed by atoms with E-state index in [2.05, 4.69) is 5.32 Å². The van der Waals surface area contributed by atoms with Crippen LogP contribution in [-0.4, -0.2) is 32.7 Å². The summed E-state index contributed by atoms with van der Waals surface area (Å²) in [6, 6.07) is 4.70. The normalized spacial score (nSPS) is 13.7. The number of hydrogen-bond acceptors (Lipinski definition) is 2. The lowest BCUT2D eigenvalue weighted by molar-refractivity contribution is -0.908. The number of carbonyl (C=O) groups excluding carboxylic acids is 1. The number of methoxy groups -OCH3 is 1. The van der Waals surface area contributed by atoms with Crippen LogP contribution in [0.3, 0.4) is 0 Å². The standard InChI is InChI=1S/C14H21FN2O2/c1-5-16-14(18)10(2)17(3)9-11-6-7-13(19-4)12(15)8-11/h6-8,10H,5,9H2,1-4H3,(H,16,18)/p+1/t10-/m0/s1. The maximum Gasteiger partial charge on any atom is 0.278 e. The summed E-state index contributed by atoms with van der Waals surface area (Å²) >= 11 is 0. The zero-order chi connectivity index (χ0) is 14.4. The zero-order valence-electron chi connectivity index (χ0n) is 11.9. The van der Waals surface area contributed by atoms with Gasteiger partial charge < -0.3 is 15.0 Å². The van der Waals surface area contributed by atoms with Gasteiger partial charge in [0.15, 0.2) is 17.6 Å². The van der Waals surface area contributed by atoms with Gasteiger partial charge in [-0.25, -0.2) is 4.39 Å². The third kappa shape index (κ3) is 4.21. The van der Waals surface area contributed by atoms with Crippen LogP contribution in [0.15, 0.2) is 18.2 Å². The molecule has 0 saturated carbocycles. The van der Waals surface area contributed by atoms with Gasteiger partial charge in [0.05, 0.1) is 14.2 Å². The third-order valence-electron chi connectivity index (χ3n) is 3.18. The molecule has 0 saturated heterocycles. The maximum absolute atomic E-state index is 13.6. The van der Waals surface area contributed by atoms with Crippen LogP contribution in [0, 0.1) is 5.82 Å². The number of ether oxygens (including phenoxy) is 1. The highest BCUT2D eigenvalue weighted by atomic mass is 19.1. The van der Waals surface area contributed by atoms with E-state index in [1.807, 2.05) is 27.0 Å². The number of quaternary nitrogens is 1. The lowest BCUT2D eigenvalue weighted by Gasteiger charge is -2.21. The molecule has 1 aromatic rings. The van der Waals surface area contributed by atoms with E-state index in [9.17, 15) is 9.18 Å². The van der Waals surface area contributed by atoms with E-state index in [0.29, 0.717) is 13.1 Å². The minimum absolute atomic E-state index is 0.00832. The van der Waals surface area contributed by atoms with Gasteiger partial charge in [0.25, 0.3) is 5.91 Å². The molecule has 1 unspecified atom stereocenters. The van der Waals surface area contributed by atoms with E-state index in [-0.39, 0.29) is 23.5 Å². The second-order valence-electron chi connectivity index (χ2n) is 4.61. The number of rotatable bonds is 6. The molecule has 0 spiro atoms. The minimum Gasteiger partial charge on any atom is -0.494 e. The molecule has 0 heterocycles. The molecule has 0 aliphatic carbocycles. The van der Waals surface area contributed by atoms with Crippen molar-refractivity contribution in [3.8, 4) is 5.75 Å². The van der Waals surface area contributed by atoms with Crippen molar-refractivity contribution in [1.29, 1.82) is 0 Å². The molecule has 1 aromatic carbocycles. The van der Waals surface area contributed by atoms with E-state index in [1.54, 1.807) is 6.07 Å². The van der Waals surface area contributed by atoms with E-state index < -0.39 is 0 Å². The number of likely N-dealkylation sites (N-methyl/N-ethyl adjacent to an activating group) is 2. The first-order chi connectivity index (χ1) is 8.99. The van der Waals surface area contributed by atoms with Crippen molar-refractivity contribution in [2.24, 2.45) is 0 Å². The van der Waals surface area contributed by atoms with Gasteiger partial charge in [-0.2, -0.15) is 0 Å². The highest BCUT2D eigenvalue weighted by Gasteiger charge is 2.21. The number of nitrogens with one attached hydrogen (secondary N) is 2. The predicted octanol–water partition coefficient (Wildman–Crippen LogP) is 0.374. The molecule has 0 bridgehead atoms. The summed E-state index contributed by atoms with van der Waals surface area (Å²) < 4.78 is 18.4. The Morgan fingerprint density at radius 2 is 2.21 bits per heavy atom. The topological polar surface area (TPSA) is 42.8 Å². The summed E-state index contributed by atoms with van der Waals surface area (Å²) in [4.78, 5) is 12.7. The number of halogens is 1. The van der Waals surface area contributed by atoms with Crippen LogP contribution in [0.25, 0.3) is 0 Å². The van der Waals surface area contributed by atoms with E-state index in [1.165, 1.54) is 13.2 Å². The Bertz CT molecular complexity index is 437. The van der Waals surface area contributed by atoms with Gasteiger partial charge in [-0.3, -0.25) is 4.79 Å². The highest BCUT2D eigenvalue weighted by Crippen LogP contribution is 2.17. The average molecular weight is 269 g/mol. The fourth-order valence-electron chi connectivity index (χ4n) is 1.85. The molecular formula is C14H22FN2O2+. The summed E-state index contributed by atoms with van der Waals surface area (Å²) in [5.41, 5.74) is 0.840. The summed E-state index contributed by atoms with van der Waals surface area (Å²) in [6.07, 6.45) is 0. The highest BCUT2D eigenvalue weighted by molar-refractivity contribution is 5.79. The summed E-state index contributed by atoms with van der Waals surface area (Å²) in [7, 11) is 3.36. The van der Waals surface area contributed by atoms with Gasteiger partial charge >= 0.3 is 0 Å². The molecule has 1 amide bonds. The van der Waals surface area contributed by atoms with E-state index in [4.69, 9.17) is 4.74 Å². The van der Waals surface area contributed by atoms with Crippen molar-refractivity contribution in [3.63, 3.8) is 0 Å². The van der Waals surface area contributed by atoms with E-state index in [0.717, 1.165) is 10.5 Å². The molecule has 2 N–H and O–H groups in total. The molecular weight excluding hydrogens is 247 g/mol. The number of carbonyl (C=O) groups is 1. The molecule has 0 aliphatic heterocycles. The summed E-state index contributed by atoms with van der Waals surface area (Å²) in [5.74, 6) is -0.134. The van der Waals surface area contributed by atoms with Gasteiger partial charge in [-0.15, -0.1) is 0 Å². The maximum atomic E-state index is 13.6. The van der Waals surface area contributed by atoms with Crippen LogP contribution >= 0.6 is 0 Å². The Morgan fingerprint density at radius 3 is 2.74 bits per heavy atom. The van der Waals surface area contributed by atoms with Crippen molar-refractivity contribution in [1.82, 2.24) is 5.32 Å². The predicted molar refractivity (Wildman–Crippen MR) is 71.7 cm³/mol. The molecule has 5 heteroatoms. The van der Waals surface area contributed by atoms with Gasteiger partial charge in [0.1, 0.15) is 6.54 Å². The van der Waals surface area contributed by atoms with Crippen molar-refractivity contribution >= 4 is 5.91 Å². The monoisotopic (exact) mass is 269 g/mol. The fraction of sp³-hybridized carbons (Fsp3) is 0.500. The van der Waals surface area contributed by atoms with Crippen LogP contribution in [0.4, 0.5) is 4.39 Å². The summed E-state index contributed by atoms with van der Waals surface area (Å²) in [6.45, 7) is 4.95. The van der Waals surface area contributed by atoms with Crippen molar-refractivity contribution in [2.45, 2.75) is 26.4 Å². The van der Waals surface area contributed by atoms with Crippen molar-refractivity contribution < 1.29 is 18.8 Å². The Hall–Kier alpha value is -1.62. The molecule has 0 fully saturated rings. The lowest BCUT2D eigenvalue weighted by Crippen LogP contribution is -3.12. The molecule has 0 aliphatic rings. The first-order valence-corrected chi connectivity index (χ1v) is 6.42.